The van der Waals surface area contributed by atoms with Crippen LogP contribution in [0.5, 0.6) is 0 Å². The Morgan fingerprint density at radius 2 is 2.00 bits per heavy atom. The average Bonchev–Trinajstić information content (AvgIpc) is 2.45. The SMILES string of the molecule is CC1=C(C(=O)O)C(c2cccc(C#N)c2)C(P(C)C)=C(C)N1. The molecule has 0 spiro atoms. The number of rotatable bonds is 3. The molecule has 0 aromatic heterocycles. The highest BCUT2D eigenvalue weighted by Gasteiger charge is 2.34. The first-order valence-electron chi connectivity index (χ1n) is 6.96. The van der Waals surface area contributed by atoms with Crippen LogP contribution in [0.2, 0.25) is 0 Å². The fourth-order valence-corrected chi connectivity index (χ4v) is 4.49. The first kappa shape index (κ1) is 16.3. The fourth-order valence-electron chi connectivity index (χ4n) is 2.97. The predicted molar refractivity (Wildman–Crippen MR) is 88.8 cm³/mol. The van der Waals surface area contributed by atoms with Gasteiger partial charge in [-0.25, -0.2) is 4.79 Å². The first-order valence-corrected chi connectivity index (χ1v) is 9.19. The summed E-state index contributed by atoms with van der Waals surface area (Å²) in [5.41, 5.74) is 3.46. The van der Waals surface area contributed by atoms with Crippen molar-refractivity contribution < 1.29 is 9.90 Å². The largest absolute Gasteiger partial charge is 0.478 e. The minimum absolute atomic E-state index is 0.298. The zero-order valence-corrected chi connectivity index (χ0v) is 14.0. The number of hydrogen-bond donors (Lipinski definition) is 2. The number of benzene rings is 1. The van der Waals surface area contributed by atoms with E-state index in [1.807, 2.05) is 19.1 Å². The molecule has 1 aliphatic rings. The standard InChI is InChI=1S/C17H19N2O2P/c1-10-14(17(20)21)15(16(22(3)4)11(2)19-10)13-7-5-6-12(8-13)9-18/h5-8,15,19H,1-4H3,(H,20,21). The molecule has 1 aromatic carbocycles. The molecular weight excluding hydrogens is 295 g/mol. The van der Waals surface area contributed by atoms with Gasteiger partial charge in [0.1, 0.15) is 0 Å². The van der Waals surface area contributed by atoms with Crippen molar-refractivity contribution >= 4 is 13.9 Å². The van der Waals surface area contributed by atoms with E-state index in [0.29, 0.717) is 16.8 Å². The second-order valence-electron chi connectivity index (χ2n) is 5.54. The maximum atomic E-state index is 11.8. The summed E-state index contributed by atoms with van der Waals surface area (Å²) in [7, 11) is -0.469. The van der Waals surface area contributed by atoms with E-state index in [1.165, 1.54) is 0 Å². The molecule has 0 fully saturated rings. The van der Waals surface area contributed by atoms with Crippen molar-refractivity contribution in [3.05, 3.63) is 57.7 Å². The van der Waals surface area contributed by atoms with Gasteiger partial charge in [-0.1, -0.05) is 20.1 Å². The zero-order valence-electron chi connectivity index (χ0n) is 13.1. The normalized spacial score (nSPS) is 18.3. The Bertz CT molecular complexity index is 726. The highest BCUT2D eigenvalue weighted by molar-refractivity contribution is 7.60. The van der Waals surface area contributed by atoms with Crippen molar-refractivity contribution in [2.24, 2.45) is 0 Å². The number of aliphatic carboxylic acids is 1. The van der Waals surface area contributed by atoms with Gasteiger partial charge in [-0.3, -0.25) is 0 Å². The van der Waals surface area contributed by atoms with Crippen molar-refractivity contribution in [1.29, 1.82) is 5.26 Å². The molecule has 0 saturated carbocycles. The second-order valence-corrected chi connectivity index (χ2v) is 7.81. The Balaban J connectivity index is 2.69. The highest BCUT2D eigenvalue weighted by Crippen LogP contribution is 2.52. The molecule has 5 heteroatoms. The Kier molecular flexibility index (Phi) is 4.68. The van der Waals surface area contributed by atoms with Crippen LogP contribution in [0.1, 0.15) is 30.9 Å². The van der Waals surface area contributed by atoms with Gasteiger partial charge in [0.15, 0.2) is 0 Å². The smallest absolute Gasteiger partial charge is 0.334 e. The fraction of sp³-hybridized carbons (Fsp3) is 0.294. The lowest BCUT2D eigenvalue weighted by Gasteiger charge is -2.33. The van der Waals surface area contributed by atoms with Gasteiger partial charge in [0, 0.05) is 17.3 Å². The minimum atomic E-state index is -0.917. The van der Waals surface area contributed by atoms with Crippen LogP contribution >= 0.6 is 7.92 Å². The van der Waals surface area contributed by atoms with Crippen molar-refractivity contribution in [2.45, 2.75) is 19.8 Å². The number of carboxylic acids is 1. The van der Waals surface area contributed by atoms with Gasteiger partial charge < -0.3 is 10.4 Å². The van der Waals surface area contributed by atoms with Gasteiger partial charge in [-0.2, -0.15) is 5.26 Å². The Morgan fingerprint density at radius 3 is 2.55 bits per heavy atom. The lowest BCUT2D eigenvalue weighted by atomic mass is 9.86. The van der Waals surface area contributed by atoms with Gasteiger partial charge in [0.05, 0.1) is 17.2 Å². The van der Waals surface area contributed by atoms with E-state index in [4.69, 9.17) is 5.26 Å². The summed E-state index contributed by atoms with van der Waals surface area (Å²) in [5.74, 6) is -1.22. The van der Waals surface area contributed by atoms with Crippen LogP contribution in [0, 0.1) is 11.3 Å². The maximum absolute atomic E-state index is 11.8. The number of allylic oxidation sites excluding steroid dienone is 3. The Labute approximate surface area is 131 Å². The molecule has 114 valence electrons. The molecule has 2 N–H and O–H groups in total. The molecule has 0 saturated heterocycles. The molecule has 0 amide bonds. The van der Waals surface area contributed by atoms with Crippen LogP contribution in [-0.2, 0) is 4.79 Å². The van der Waals surface area contributed by atoms with Crippen LogP contribution < -0.4 is 5.32 Å². The summed E-state index contributed by atoms with van der Waals surface area (Å²) in [6, 6.07) is 9.36. The lowest BCUT2D eigenvalue weighted by Crippen LogP contribution is -2.27. The van der Waals surface area contributed by atoms with Gasteiger partial charge in [-0.05, 0) is 50.2 Å². The number of dihydropyridines is 1. The van der Waals surface area contributed by atoms with Gasteiger partial charge in [-0.15, -0.1) is 0 Å². The summed E-state index contributed by atoms with van der Waals surface area (Å²) in [6.07, 6.45) is 0. The molecule has 0 aliphatic carbocycles. The number of carbonyl (C=O) groups is 1. The van der Waals surface area contributed by atoms with E-state index in [9.17, 15) is 9.90 Å². The van der Waals surface area contributed by atoms with E-state index in [0.717, 1.165) is 16.6 Å². The quantitative estimate of drug-likeness (QED) is 0.836. The molecule has 1 heterocycles. The van der Waals surface area contributed by atoms with Crippen LogP contribution in [0.25, 0.3) is 0 Å². The van der Waals surface area contributed by atoms with Crippen LogP contribution in [0.3, 0.4) is 0 Å². The number of hydrogen-bond acceptors (Lipinski definition) is 3. The van der Waals surface area contributed by atoms with E-state index in [2.05, 4.69) is 24.7 Å². The topological polar surface area (TPSA) is 73.1 Å². The minimum Gasteiger partial charge on any atom is -0.478 e. The molecule has 1 atom stereocenters. The molecule has 1 aromatic rings. The highest BCUT2D eigenvalue weighted by atomic mass is 31.1. The molecule has 1 aliphatic heterocycles. The summed E-state index contributed by atoms with van der Waals surface area (Å²) in [5, 5.41) is 23.1. The van der Waals surface area contributed by atoms with Crippen LogP contribution in [0.4, 0.5) is 0 Å². The number of nitriles is 1. The van der Waals surface area contributed by atoms with Crippen molar-refractivity contribution in [1.82, 2.24) is 5.32 Å². The third-order valence-electron chi connectivity index (χ3n) is 3.79. The lowest BCUT2D eigenvalue weighted by molar-refractivity contribution is -0.133. The third kappa shape index (κ3) is 2.91. The van der Waals surface area contributed by atoms with Gasteiger partial charge >= 0.3 is 5.97 Å². The molecule has 0 bridgehead atoms. The third-order valence-corrected chi connectivity index (χ3v) is 5.34. The molecule has 2 rings (SSSR count). The van der Waals surface area contributed by atoms with Gasteiger partial charge in [0.2, 0.25) is 0 Å². The van der Waals surface area contributed by atoms with E-state index in [-0.39, 0.29) is 5.92 Å². The van der Waals surface area contributed by atoms with Gasteiger partial charge in [0.25, 0.3) is 0 Å². The molecule has 1 unspecified atom stereocenters. The van der Waals surface area contributed by atoms with Crippen molar-refractivity contribution in [3.8, 4) is 6.07 Å². The monoisotopic (exact) mass is 314 g/mol. The summed E-state index contributed by atoms with van der Waals surface area (Å²) in [4.78, 5) is 11.8. The van der Waals surface area contributed by atoms with Crippen LogP contribution in [-0.4, -0.2) is 24.4 Å². The summed E-state index contributed by atoms with van der Waals surface area (Å²) >= 11 is 0. The number of carboxylic acid groups (broad SMARTS) is 1. The van der Waals surface area contributed by atoms with Crippen molar-refractivity contribution in [3.63, 3.8) is 0 Å². The van der Waals surface area contributed by atoms with E-state index < -0.39 is 13.9 Å². The molecular formula is C17H19N2O2P. The summed E-state index contributed by atoms with van der Waals surface area (Å²) in [6.45, 7) is 8.02. The van der Waals surface area contributed by atoms with E-state index in [1.54, 1.807) is 19.1 Å². The Hall–Kier alpha value is -2.11. The summed E-state index contributed by atoms with van der Waals surface area (Å²) < 4.78 is 0. The molecule has 0 radical (unpaired) electrons. The maximum Gasteiger partial charge on any atom is 0.334 e. The van der Waals surface area contributed by atoms with Crippen molar-refractivity contribution in [2.75, 3.05) is 13.3 Å². The number of nitrogens with zero attached hydrogens (tertiary/aromatic N) is 1. The number of nitrogens with one attached hydrogen (secondary N) is 1. The van der Waals surface area contributed by atoms with Crippen LogP contribution in [0.15, 0.2) is 46.5 Å². The second kappa shape index (κ2) is 6.34. The average molecular weight is 314 g/mol. The predicted octanol–water partition coefficient (Wildman–Crippen LogP) is 3.58. The zero-order chi connectivity index (χ0) is 16.4. The molecule has 4 nitrogen and oxygen atoms in total. The Morgan fingerprint density at radius 1 is 1.32 bits per heavy atom. The first-order chi connectivity index (χ1) is 10.4. The van der Waals surface area contributed by atoms with E-state index >= 15 is 0 Å². The molecule has 22 heavy (non-hydrogen) atoms.